The van der Waals surface area contributed by atoms with Gasteiger partial charge < -0.3 is 15.0 Å². The molecule has 0 aliphatic heterocycles. The molecule has 2 N–H and O–H groups in total. The lowest BCUT2D eigenvalue weighted by molar-refractivity contribution is -0.646. The number of aryl methyl sites for hydroxylation is 1. The van der Waals surface area contributed by atoms with Crippen molar-refractivity contribution in [2.45, 2.75) is 11.8 Å². The highest BCUT2D eigenvalue weighted by Crippen LogP contribution is 2.15. The summed E-state index contributed by atoms with van der Waals surface area (Å²) in [7, 11) is -2.23. The number of hydrogen-bond acceptors (Lipinski definition) is 5. The first-order chi connectivity index (χ1) is 15.8. The minimum atomic E-state index is -4.33. The first kappa shape index (κ1) is 24.0. The van der Waals surface area contributed by atoms with Crippen molar-refractivity contribution in [1.82, 2.24) is 0 Å². The van der Waals surface area contributed by atoms with E-state index in [1.165, 1.54) is 40.9 Å². The van der Waals surface area contributed by atoms with Gasteiger partial charge in [-0.2, -0.15) is 4.57 Å². The third-order valence-corrected chi connectivity index (χ3v) is 5.77. The molecule has 3 aromatic carbocycles. The average Bonchev–Trinajstić information content (AvgIpc) is 2.80. The van der Waals surface area contributed by atoms with Crippen LogP contribution in [0.1, 0.15) is 18.2 Å². The lowest BCUT2D eigenvalue weighted by Crippen LogP contribution is -2.32. The highest BCUT2D eigenvalue weighted by molar-refractivity contribution is 7.85. The number of rotatable bonds is 5. The zero-order chi connectivity index (χ0) is 23.8. The topological polar surface area (TPSA) is 96.3 Å². The number of nitrogens with two attached hydrogens (primary N) is 1. The van der Waals surface area contributed by atoms with Crippen molar-refractivity contribution in [1.29, 1.82) is 0 Å². The van der Waals surface area contributed by atoms with Crippen LogP contribution in [0.2, 0.25) is 0 Å². The number of fused-ring (bicyclic) bond motifs is 1. The van der Waals surface area contributed by atoms with Crippen LogP contribution in [0.15, 0.2) is 89.8 Å². The Kier molecular flexibility index (Phi) is 7.82. The van der Waals surface area contributed by atoms with E-state index in [0.717, 1.165) is 11.3 Å². The molecule has 7 heteroatoms. The zero-order valence-corrected chi connectivity index (χ0v) is 19.3. The van der Waals surface area contributed by atoms with Gasteiger partial charge in [0.05, 0.1) is 11.5 Å². The molecule has 4 rings (SSSR count). The van der Waals surface area contributed by atoms with Gasteiger partial charge in [0.1, 0.15) is 22.9 Å². The van der Waals surface area contributed by atoms with Crippen LogP contribution in [-0.4, -0.2) is 19.6 Å². The van der Waals surface area contributed by atoms with E-state index in [9.17, 15) is 13.0 Å². The van der Waals surface area contributed by atoms with Gasteiger partial charge in [0, 0.05) is 29.3 Å². The lowest BCUT2D eigenvalue weighted by Gasteiger charge is -2.05. The molecule has 0 saturated heterocycles. The molecule has 4 aromatic rings. The van der Waals surface area contributed by atoms with E-state index in [0.29, 0.717) is 12.3 Å². The molecular formula is C26H26N2O4S. The molecular weight excluding hydrogens is 436 g/mol. The van der Waals surface area contributed by atoms with Crippen LogP contribution in [0.4, 0.5) is 5.69 Å². The van der Waals surface area contributed by atoms with Crippen molar-refractivity contribution in [2.24, 2.45) is 7.05 Å². The van der Waals surface area contributed by atoms with Crippen molar-refractivity contribution < 1.29 is 22.3 Å². The third kappa shape index (κ3) is 6.65. The molecule has 0 aliphatic carbocycles. The Labute approximate surface area is 194 Å². The standard InChI is InChI=1S/C20H20NO.C6H7NO3S/c1-3-22-19-14-9-16(10-15-19)8-12-18-13-11-17-6-4-5-7-20(17)21(18)2;7-5-1-3-6(4-2-5)11(8,9)10/h4-15H,3H2,1-2H3;1-4H,7H2,(H,8,9,10)/q+1;/p-1/b12-8+;. The Bertz CT molecular complexity index is 1350. The van der Waals surface area contributed by atoms with Crippen molar-refractivity contribution in [3.63, 3.8) is 0 Å². The third-order valence-electron chi connectivity index (χ3n) is 4.93. The predicted octanol–water partition coefficient (Wildman–Crippen LogP) is 4.41. The molecule has 0 aliphatic rings. The molecule has 1 aromatic heterocycles. The molecule has 6 nitrogen and oxygen atoms in total. The largest absolute Gasteiger partial charge is 0.744 e. The lowest BCUT2D eigenvalue weighted by atomic mass is 10.1. The normalized spacial score (nSPS) is 11.2. The van der Waals surface area contributed by atoms with E-state index in [2.05, 4.69) is 72.3 Å². The molecule has 0 saturated carbocycles. The predicted molar refractivity (Wildman–Crippen MR) is 130 cm³/mol. The van der Waals surface area contributed by atoms with Crippen molar-refractivity contribution in [2.75, 3.05) is 12.3 Å². The van der Waals surface area contributed by atoms with Crippen LogP contribution in [0, 0.1) is 0 Å². The fourth-order valence-corrected chi connectivity index (χ4v) is 3.65. The summed E-state index contributed by atoms with van der Waals surface area (Å²) in [5, 5.41) is 1.25. The van der Waals surface area contributed by atoms with Crippen LogP contribution in [0.5, 0.6) is 5.75 Å². The number of nitrogens with zero attached hydrogens (tertiary/aromatic N) is 1. The number of nitrogen functional groups attached to an aromatic ring is 1. The Morgan fingerprint density at radius 2 is 1.58 bits per heavy atom. The number of benzene rings is 3. The number of pyridine rings is 1. The Morgan fingerprint density at radius 3 is 2.21 bits per heavy atom. The van der Waals surface area contributed by atoms with E-state index < -0.39 is 10.1 Å². The monoisotopic (exact) mass is 462 g/mol. The number of ether oxygens (including phenoxy) is 1. The first-order valence-electron chi connectivity index (χ1n) is 10.4. The van der Waals surface area contributed by atoms with Crippen LogP contribution < -0.4 is 15.0 Å². The van der Waals surface area contributed by atoms with Gasteiger partial charge in [-0.25, -0.2) is 8.42 Å². The van der Waals surface area contributed by atoms with Gasteiger partial charge in [0.15, 0.2) is 0 Å². The quantitative estimate of drug-likeness (QED) is 0.269. The SMILES string of the molecule is CCOc1ccc(/C=C/c2ccc3ccccc3[n+]2C)cc1.Nc1ccc(S(=O)(=O)[O-])cc1. The summed E-state index contributed by atoms with van der Waals surface area (Å²) >= 11 is 0. The number of anilines is 1. The number of hydrogen-bond donors (Lipinski definition) is 1. The van der Waals surface area contributed by atoms with Crippen LogP contribution >= 0.6 is 0 Å². The van der Waals surface area contributed by atoms with E-state index in [-0.39, 0.29) is 4.90 Å². The Hall–Kier alpha value is -3.68. The van der Waals surface area contributed by atoms with E-state index >= 15 is 0 Å². The molecule has 0 bridgehead atoms. The maximum atomic E-state index is 10.3. The summed E-state index contributed by atoms with van der Waals surface area (Å²) in [6, 6.07) is 26.0. The smallest absolute Gasteiger partial charge is 0.212 e. The Balaban J connectivity index is 0.000000235. The molecule has 0 amide bonds. The van der Waals surface area contributed by atoms with Gasteiger partial charge in [0.25, 0.3) is 0 Å². The van der Waals surface area contributed by atoms with Gasteiger partial charge in [0.2, 0.25) is 11.2 Å². The van der Waals surface area contributed by atoms with Gasteiger partial charge in [-0.15, -0.1) is 0 Å². The minimum absolute atomic E-state index is 0.258. The molecule has 0 radical (unpaired) electrons. The summed E-state index contributed by atoms with van der Waals surface area (Å²) < 4.78 is 38.7. The summed E-state index contributed by atoms with van der Waals surface area (Å²) in [6.45, 7) is 2.69. The Morgan fingerprint density at radius 1 is 0.909 bits per heavy atom. The van der Waals surface area contributed by atoms with Crippen LogP contribution in [-0.2, 0) is 17.2 Å². The number of aromatic nitrogens is 1. The maximum Gasteiger partial charge on any atom is 0.212 e. The van der Waals surface area contributed by atoms with Crippen molar-refractivity contribution in [3.8, 4) is 5.75 Å². The summed E-state index contributed by atoms with van der Waals surface area (Å²) in [6.07, 6.45) is 4.27. The highest BCUT2D eigenvalue weighted by atomic mass is 32.2. The summed E-state index contributed by atoms with van der Waals surface area (Å²) in [5.74, 6) is 0.913. The maximum absolute atomic E-state index is 10.3. The second kappa shape index (κ2) is 10.8. The van der Waals surface area contributed by atoms with Crippen LogP contribution in [0.25, 0.3) is 23.1 Å². The minimum Gasteiger partial charge on any atom is -0.744 e. The average molecular weight is 463 g/mol. The molecule has 0 unspecified atom stereocenters. The first-order valence-corrected chi connectivity index (χ1v) is 11.8. The van der Waals surface area contributed by atoms with Gasteiger partial charge in [-0.1, -0.05) is 24.3 Å². The van der Waals surface area contributed by atoms with E-state index in [4.69, 9.17) is 10.5 Å². The van der Waals surface area contributed by atoms with E-state index in [1.54, 1.807) is 0 Å². The molecule has 0 fully saturated rings. The van der Waals surface area contributed by atoms with Crippen molar-refractivity contribution >= 4 is 38.9 Å². The van der Waals surface area contributed by atoms with Gasteiger partial charge in [-0.05, 0) is 67.1 Å². The van der Waals surface area contributed by atoms with E-state index in [1.807, 2.05) is 19.1 Å². The number of para-hydroxylation sites is 1. The van der Waals surface area contributed by atoms with Crippen LogP contribution in [0.3, 0.4) is 0 Å². The molecule has 1 heterocycles. The van der Waals surface area contributed by atoms with Gasteiger partial charge >= 0.3 is 0 Å². The molecule has 0 spiro atoms. The van der Waals surface area contributed by atoms with Crippen molar-refractivity contribution in [3.05, 3.63) is 96.2 Å². The summed E-state index contributed by atoms with van der Waals surface area (Å²) in [4.78, 5) is -0.258. The van der Waals surface area contributed by atoms with Gasteiger partial charge in [-0.3, -0.25) is 0 Å². The molecule has 0 atom stereocenters. The fourth-order valence-electron chi connectivity index (χ4n) is 3.19. The molecule has 170 valence electrons. The second-order valence-corrected chi connectivity index (χ2v) is 8.61. The second-order valence-electron chi connectivity index (χ2n) is 7.23. The molecule has 33 heavy (non-hydrogen) atoms. The zero-order valence-electron chi connectivity index (χ0n) is 18.5. The fraction of sp³-hybridized carbons (Fsp3) is 0.115. The summed E-state index contributed by atoms with van der Waals surface area (Å²) in [5.41, 5.74) is 9.27. The highest BCUT2D eigenvalue weighted by Gasteiger charge is 2.08.